The molecule has 1 unspecified atom stereocenters. The van der Waals surface area contributed by atoms with Gasteiger partial charge in [0.05, 0.1) is 0 Å². The van der Waals surface area contributed by atoms with E-state index in [9.17, 15) is 0 Å². The van der Waals surface area contributed by atoms with Crippen molar-refractivity contribution in [3.8, 4) is 11.1 Å². The minimum Gasteiger partial charge on any atom is -0.179 e. The molecule has 0 fully saturated rings. The molecule has 0 saturated heterocycles. The van der Waals surface area contributed by atoms with E-state index in [1.165, 1.54) is 74.0 Å². The molecule has 0 saturated carbocycles. The van der Waals surface area contributed by atoms with E-state index >= 15 is 0 Å². The molecule has 0 aliphatic heterocycles. The molecule has 4 aromatic rings. The van der Waals surface area contributed by atoms with E-state index in [1.807, 2.05) is 6.07 Å². The van der Waals surface area contributed by atoms with E-state index < -0.39 is 0 Å². The van der Waals surface area contributed by atoms with Gasteiger partial charge < -0.3 is 0 Å². The van der Waals surface area contributed by atoms with Gasteiger partial charge in [-0.2, -0.15) is 41.5 Å². The van der Waals surface area contributed by atoms with Crippen molar-refractivity contribution >= 4 is 14.5 Å². The van der Waals surface area contributed by atoms with Crippen LogP contribution in [-0.4, -0.2) is 3.71 Å². The van der Waals surface area contributed by atoms with Crippen LogP contribution in [0.15, 0.2) is 102 Å². The molecule has 2 aliphatic carbocycles. The molecule has 1 atom stereocenters. The van der Waals surface area contributed by atoms with Crippen LogP contribution in [0.3, 0.4) is 0 Å². The summed E-state index contributed by atoms with van der Waals surface area (Å²) in [5.41, 5.74) is 9.69. The first-order valence-corrected chi connectivity index (χ1v) is 13.8. The van der Waals surface area contributed by atoms with Gasteiger partial charge in [-0.25, -0.2) is 5.57 Å². The van der Waals surface area contributed by atoms with Crippen LogP contribution >= 0.6 is 0 Å². The maximum absolute atomic E-state index is 3.37. The van der Waals surface area contributed by atoms with Crippen molar-refractivity contribution in [1.82, 2.24) is 0 Å². The van der Waals surface area contributed by atoms with E-state index in [2.05, 4.69) is 128 Å². The third-order valence-electron chi connectivity index (χ3n) is 6.52. The van der Waals surface area contributed by atoms with Gasteiger partial charge in [0, 0.05) is 0 Å². The molecule has 0 nitrogen and oxygen atoms in total. The van der Waals surface area contributed by atoms with Crippen molar-refractivity contribution in [3.63, 3.8) is 0 Å². The second kappa shape index (κ2) is 11.9. The Morgan fingerprint density at radius 3 is 2.31 bits per heavy atom. The van der Waals surface area contributed by atoms with Crippen LogP contribution < -0.4 is 0 Å². The summed E-state index contributed by atoms with van der Waals surface area (Å²) in [5, 5.41) is 2.69. The average molecular weight is 532 g/mol. The molecular formula is C34H32Zr. The number of hydrogen-bond donors (Lipinski definition) is 0. The Kier molecular flexibility index (Phi) is 8.64. The molecular weight excluding hydrogens is 500 g/mol. The first-order chi connectivity index (χ1) is 17.0. The minimum absolute atomic E-state index is 0.539. The summed E-state index contributed by atoms with van der Waals surface area (Å²) in [6, 6.07) is 33.0. The Morgan fingerprint density at radius 1 is 0.886 bits per heavy atom. The summed E-state index contributed by atoms with van der Waals surface area (Å²) in [6.45, 7) is 8.79. The topological polar surface area (TPSA) is 0 Å². The zero-order chi connectivity index (χ0) is 24.8. The molecule has 1 heteroatoms. The van der Waals surface area contributed by atoms with Crippen molar-refractivity contribution in [2.24, 2.45) is 11.8 Å². The number of allylic oxidation sites excluding steroid dienone is 4. The first-order valence-electron chi connectivity index (χ1n) is 12.4. The molecule has 0 spiro atoms. The smallest absolute Gasteiger partial charge is 0.0253 e. The largest absolute Gasteiger partial charge is 0.179 e. The third kappa shape index (κ3) is 6.14. The minimum atomic E-state index is 0.539. The fraction of sp³-hybridized carbons (Fsp3) is 0.206. The van der Waals surface area contributed by atoms with Gasteiger partial charge in [0.1, 0.15) is 0 Å². The predicted molar refractivity (Wildman–Crippen MR) is 147 cm³/mol. The Balaban J connectivity index is 0.000000125. The number of hydrogen-bond acceptors (Lipinski definition) is 0. The Bertz CT molecular complexity index is 1340. The maximum atomic E-state index is 3.37. The molecule has 0 aromatic heterocycles. The standard InChI is InChI=1S/C13H9.C11H8.C10H15.Zr/c1-3-7-12-10(5-1)9-11-6-2-4-8-13(11)12;1-9-5-4-7-10-6-2-3-8-11(9)10;1-7(2)10-6-8(3)5-9(10)4;/h1-5,7-8H,9H2;1-8H;6-8H,1-4H3;/q-1;;-1;+2. The number of benzene rings is 4. The van der Waals surface area contributed by atoms with E-state index in [4.69, 9.17) is 0 Å². The fourth-order valence-corrected chi connectivity index (χ4v) is 5.48. The zero-order valence-corrected chi connectivity index (χ0v) is 23.6. The summed E-state index contributed by atoms with van der Waals surface area (Å²) in [5.74, 6) is 1.20. The maximum Gasteiger partial charge on any atom is -0.0253 e. The molecule has 0 bridgehead atoms. The summed E-state index contributed by atoms with van der Waals surface area (Å²) in [7, 11) is 0. The molecule has 4 aromatic carbocycles. The number of fused-ring (bicyclic) bond motifs is 4. The summed E-state index contributed by atoms with van der Waals surface area (Å²) in [4.78, 5) is 0. The zero-order valence-electron chi connectivity index (χ0n) is 21.1. The molecule has 6 rings (SSSR count). The van der Waals surface area contributed by atoms with Crippen LogP contribution in [0.1, 0.15) is 44.4 Å². The Hall–Kier alpha value is -2.63. The van der Waals surface area contributed by atoms with Gasteiger partial charge in [-0.15, -0.1) is 5.56 Å². The SMILES string of the molecule is CC1=[C-]C(C)C=C1C(C)C.[Zr+2]=[CH]c1cccc2ccccc12.[c-]1cccc2c1Cc1ccccc1-2. The van der Waals surface area contributed by atoms with Gasteiger partial charge in [0.2, 0.25) is 0 Å². The predicted octanol–water partition coefficient (Wildman–Crippen LogP) is 8.56. The van der Waals surface area contributed by atoms with Crippen molar-refractivity contribution in [3.05, 3.63) is 131 Å². The van der Waals surface area contributed by atoms with Crippen molar-refractivity contribution in [2.75, 3.05) is 0 Å². The molecule has 0 radical (unpaired) electrons. The second-order valence-electron chi connectivity index (χ2n) is 9.44. The van der Waals surface area contributed by atoms with Crippen LogP contribution in [-0.2, 0) is 30.7 Å². The van der Waals surface area contributed by atoms with Gasteiger partial charge in [-0.05, 0) is 6.42 Å². The second-order valence-corrected chi connectivity index (χ2v) is 10.2. The Labute approximate surface area is 225 Å². The summed E-state index contributed by atoms with van der Waals surface area (Å²) < 4.78 is 2.23. The Morgan fingerprint density at radius 2 is 1.60 bits per heavy atom. The quantitative estimate of drug-likeness (QED) is 0.200. The molecule has 0 N–H and O–H groups in total. The molecule has 0 heterocycles. The van der Waals surface area contributed by atoms with Crippen LogP contribution in [0.5, 0.6) is 0 Å². The van der Waals surface area contributed by atoms with Gasteiger partial charge in [-0.1, -0.05) is 74.9 Å². The van der Waals surface area contributed by atoms with Gasteiger partial charge in [0.25, 0.3) is 0 Å². The molecule has 0 amide bonds. The average Bonchev–Trinajstić information content (AvgIpc) is 3.43. The summed E-state index contributed by atoms with van der Waals surface area (Å²) in [6.07, 6.45) is 6.73. The molecule has 2 aliphatic rings. The fourth-order valence-electron chi connectivity index (χ4n) is 4.86. The van der Waals surface area contributed by atoms with Gasteiger partial charge in [-0.3, -0.25) is 6.08 Å². The van der Waals surface area contributed by atoms with Gasteiger partial charge in [0.15, 0.2) is 0 Å². The summed E-state index contributed by atoms with van der Waals surface area (Å²) >= 11 is 1.46. The molecule has 172 valence electrons. The normalized spacial score (nSPS) is 15.2. The van der Waals surface area contributed by atoms with E-state index in [1.54, 1.807) is 0 Å². The van der Waals surface area contributed by atoms with E-state index in [-0.39, 0.29) is 0 Å². The van der Waals surface area contributed by atoms with Crippen LogP contribution in [0.25, 0.3) is 21.9 Å². The number of rotatable bonds is 2. The van der Waals surface area contributed by atoms with Crippen molar-refractivity contribution < 1.29 is 24.2 Å². The van der Waals surface area contributed by atoms with Crippen LogP contribution in [0, 0.1) is 24.0 Å². The van der Waals surface area contributed by atoms with Crippen molar-refractivity contribution in [2.45, 2.75) is 34.1 Å². The van der Waals surface area contributed by atoms with Crippen LogP contribution in [0.4, 0.5) is 0 Å². The van der Waals surface area contributed by atoms with Gasteiger partial charge >= 0.3 is 86.7 Å². The van der Waals surface area contributed by atoms with E-state index in [0.29, 0.717) is 11.8 Å². The third-order valence-corrected chi connectivity index (χ3v) is 7.29. The van der Waals surface area contributed by atoms with E-state index in [0.717, 1.165) is 6.42 Å². The monoisotopic (exact) mass is 530 g/mol. The first kappa shape index (κ1) is 25.5. The van der Waals surface area contributed by atoms with Crippen LogP contribution in [0.2, 0.25) is 0 Å². The van der Waals surface area contributed by atoms with Crippen molar-refractivity contribution in [1.29, 1.82) is 0 Å². The molecule has 35 heavy (non-hydrogen) atoms.